The van der Waals surface area contributed by atoms with Crippen LogP contribution in [-0.4, -0.2) is 23.8 Å². The molecule has 0 amide bonds. The maximum Gasteiger partial charge on any atom is 0.274 e. The third-order valence-electron chi connectivity index (χ3n) is 4.22. The first-order chi connectivity index (χ1) is 13.0. The Morgan fingerprint density at radius 2 is 1.30 bits per heavy atom. The normalized spacial score (nSPS) is 12.3. The zero-order chi connectivity index (χ0) is 19.4. The molecule has 0 unspecified atom stereocenters. The van der Waals surface area contributed by atoms with Crippen molar-refractivity contribution in [2.45, 2.75) is 0 Å². The minimum absolute atomic E-state index is 0.222. The molecule has 0 aliphatic carbocycles. The highest BCUT2D eigenvalue weighted by Gasteiger charge is 2.02. The van der Waals surface area contributed by atoms with E-state index < -0.39 is 0 Å². The largest absolute Gasteiger partial charge is 0.497 e. The molecular formula is C21H20N2O4. The second-order valence-electron chi connectivity index (χ2n) is 5.95. The van der Waals surface area contributed by atoms with Gasteiger partial charge in [-0.05, 0) is 47.5 Å². The first kappa shape index (κ1) is 18.3. The van der Waals surface area contributed by atoms with E-state index in [1.165, 1.54) is 4.57 Å². The molecule has 1 heterocycles. The van der Waals surface area contributed by atoms with Crippen LogP contribution in [0.1, 0.15) is 11.1 Å². The van der Waals surface area contributed by atoms with Crippen molar-refractivity contribution in [3.8, 4) is 11.5 Å². The second-order valence-corrected chi connectivity index (χ2v) is 5.95. The molecule has 0 bridgehead atoms. The minimum Gasteiger partial charge on any atom is -0.497 e. The number of nitrogens with one attached hydrogen (secondary N) is 1. The number of hydrogen-bond donors (Lipinski definition) is 1. The van der Waals surface area contributed by atoms with E-state index in [2.05, 4.69) is 4.98 Å². The molecule has 27 heavy (non-hydrogen) atoms. The van der Waals surface area contributed by atoms with Crippen LogP contribution in [0.15, 0.2) is 58.1 Å². The lowest BCUT2D eigenvalue weighted by Crippen LogP contribution is -2.52. The predicted molar refractivity (Wildman–Crippen MR) is 105 cm³/mol. The fraction of sp³-hybridized carbons (Fsp3) is 0.143. The summed E-state index contributed by atoms with van der Waals surface area (Å²) in [4.78, 5) is 27.9. The molecule has 0 atom stereocenters. The Hall–Kier alpha value is -3.54. The van der Waals surface area contributed by atoms with Gasteiger partial charge in [0.2, 0.25) is 0 Å². The fourth-order valence-corrected chi connectivity index (χ4v) is 2.67. The Bertz CT molecular complexity index is 1170. The lowest BCUT2D eigenvalue weighted by Gasteiger charge is -2.02. The molecule has 2 aromatic carbocycles. The zero-order valence-electron chi connectivity index (χ0n) is 15.4. The molecule has 3 rings (SSSR count). The Kier molecular flexibility index (Phi) is 5.26. The maximum absolute atomic E-state index is 12.7. The van der Waals surface area contributed by atoms with Crippen LogP contribution in [0.2, 0.25) is 0 Å². The van der Waals surface area contributed by atoms with Gasteiger partial charge in [-0.3, -0.25) is 9.59 Å². The van der Waals surface area contributed by atoms with Crippen LogP contribution in [0.25, 0.3) is 12.2 Å². The van der Waals surface area contributed by atoms with E-state index in [0.29, 0.717) is 0 Å². The molecule has 0 saturated heterocycles. The van der Waals surface area contributed by atoms with Crippen molar-refractivity contribution in [2.24, 2.45) is 7.05 Å². The Morgan fingerprint density at radius 1 is 0.815 bits per heavy atom. The van der Waals surface area contributed by atoms with Gasteiger partial charge in [0.15, 0.2) is 0 Å². The number of H-pyrrole nitrogens is 1. The number of aromatic amines is 1. The molecule has 0 spiro atoms. The molecule has 0 aliphatic heterocycles. The highest BCUT2D eigenvalue weighted by molar-refractivity contribution is 5.51. The third-order valence-corrected chi connectivity index (χ3v) is 4.22. The number of aromatic nitrogens is 2. The van der Waals surface area contributed by atoms with Crippen molar-refractivity contribution in [1.82, 2.24) is 9.55 Å². The van der Waals surface area contributed by atoms with E-state index in [1.54, 1.807) is 57.7 Å². The predicted octanol–water partition coefficient (Wildman–Crippen LogP) is 0.748. The second kappa shape index (κ2) is 7.78. The fourth-order valence-electron chi connectivity index (χ4n) is 2.67. The summed E-state index contributed by atoms with van der Waals surface area (Å²) in [6.45, 7) is 0. The number of rotatable bonds is 4. The van der Waals surface area contributed by atoms with E-state index in [1.807, 2.05) is 24.3 Å². The number of ether oxygens (including phenoxy) is 2. The van der Waals surface area contributed by atoms with Gasteiger partial charge in [0.1, 0.15) is 22.2 Å². The van der Waals surface area contributed by atoms with Gasteiger partial charge in [0.25, 0.3) is 11.1 Å². The van der Waals surface area contributed by atoms with Crippen molar-refractivity contribution in [2.75, 3.05) is 14.2 Å². The lowest BCUT2D eigenvalue weighted by molar-refractivity contribution is 0.414. The van der Waals surface area contributed by atoms with Gasteiger partial charge < -0.3 is 19.0 Å². The highest BCUT2D eigenvalue weighted by atomic mass is 16.5. The van der Waals surface area contributed by atoms with E-state index >= 15 is 0 Å². The van der Waals surface area contributed by atoms with Gasteiger partial charge in [0, 0.05) is 7.05 Å². The SMILES string of the molecule is COc1ccc(/C=c2\[nH]c(=O)/c(=C/c3ccc(OC)cc3)n(C)c2=O)cc1. The number of hydrogen-bond acceptors (Lipinski definition) is 4. The van der Waals surface area contributed by atoms with E-state index in [-0.39, 0.29) is 21.8 Å². The molecule has 0 fully saturated rings. The highest BCUT2D eigenvalue weighted by Crippen LogP contribution is 2.12. The van der Waals surface area contributed by atoms with Crippen molar-refractivity contribution in [3.05, 3.63) is 91.1 Å². The van der Waals surface area contributed by atoms with Gasteiger partial charge in [-0.2, -0.15) is 0 Å². The Balaban J connectivity index is 2.10. The molecule has 1 N–H and O–H groups in total. The van der Waals surface area contributed by atoms with Crippen LogP contribution in [0, 0.1) is 0 Å². The monoisotopic (exact) mass is 364 g/mol. The smallest absolute Gasteiger partial charge is 0.274 e. The third kappa shape index (κ3) is 4.00. The summed E-state index contributed by atoms with van der Waals surface area (Å²) in [7, 11) is 4.76. The molecule has 3 aromatic rings. The molecule has 138 valence electrons. The molecule has 6 nitrogen and oxygen atoms in total. The van der Waals surface area contributed by atoms with E-state index in [4.69, 9.17) is 9.47 Å². The summed E-state index contributed by atoms with van der Waals surface area (Å²) in [6, 6.07) is 14.4. The topological polar surface area (TPSA) is 73.3 Å². The number of nitrogens with zero attached hydrogens (tertiary/aromatic N) is 1. The average Bonchev–Trinajstić information content (AvgIpc) is 2.70. The van der Waals surface area contributed by atoms with Crippen LogP contribution in [0.5, 0.6) is 11.5 Å². The molecular weight excluding hydrogens is 344 g/mol. The van der Waals surface area contributed by atoms with Crippen LogP contribution < -0.4 is 31.3 Å². The maximum atomic E-state index is 12.7. The molecule has 0 radical (unpaired) electrons. The molecule has 6 heteroatoms. The minimum atomic E-state index is -0.340. The van der Waals surface area contributed by atoms with Gasteiger partial charge in [-0.15, -0.1) is 0 Å². The summed E-state index contributed by atoms with van der Waals surface area (Å²) in [5.41, 5.74) is 0.955. The Morgan fingerprint density at radius 3 is 1.78 bits per heavy atom. The van der Waals surface area contributed by atoms with Gasteiger partial charge in [-0.1, -0.05) is 24.3 Å². The number of methoxy groups -OCH3 is 2. The van der Waals surface area contributed by atoms with Gasteiger partial charge in [0.05, 0.1) is 14.2 Å². The van der Waals surface area contributed by atoms with E-state index in [9.17, 15) is 9.59 Å². The summed E-state index contributed by atoms with van der Waals surface area (Å²) >= 11 is 0. The summed E-state index contributed by atoms with van der Waals surface area (Å²) < 4.78 is 11.6. The van der Waals surface area contributed by atoms with Gasteiger partial charge >= 0.3 is 0 Å². The van der Waals surface area contributed by atoms with Crippen LogP contribution >= 0.6 is 0 Å². The van der Waals surface area contributed by atoms with Gasteiger partial charge in [-0.25, -0.2) is 0 Å². The summed E-state index contributed by atoms with van der Waals surface area (Å²) in [5.74, 6) is 1.44. The Labute approximate surface area is 155 Å². The molecule has 0 aliphatic rings. The molecule has 0 saturated carbocycles. The molecule has 1 aromatic heterocycles. The van der Waals surface area contributed by atoms with Crippen molar-refractivity contribution in [3.63, 3.8) is 0 Å². The van der Waals surface area contributed by atoms with Crippen molar-refractivity contribution in [1.29, 1.82) is 0 Å². The van der Waals surface area contributed by atoms with Crippen LogP contribution in [-0.2, 0) is 7.05 Å². The zero-order valence-corrected chi connectivity index (χ0v) is 15.4. The lowest BCUT2D eigenvalue weighted by atomic mass is 10.2. The quantitative estimate of drug-likeness (QED) is 0.741. The summed E-state index contributed by atoms with van der Waals surface area (Å²) in [6.07, 6.45) is 3.30. The standard InChI is InChI=1S/C21H20N2O4/c1-23-19(13-15-6-10-17(27-3)11-7-15)20(24)22-18(21(23)25)12-14-4-8-16(26-2)9-5-14/h4-13H,1-3H3,(H,22,24)/b18-12-,19-13-. The van der Waals surface area contributed by atoms with Crippen LogP contribution in [0.4, 0.5) is 0 Å². The van der Waals surface area contributed by atoms with Crippen LogP contribution in [0.3, 0.4) is 0 Å². The number of benzene rings is 2. The average molecular weight is 364 g/mol. The first-order valence-electron chi connectivity index (χ1n) is 8.32. The van der Waals surface area contributed by atoms with Crippen molar-refractivity contribution < 1.29 is 9.47 Å². The first-order valence-corrected chi connectivity index (χ1v) is 8.32. The van der Waals surface area contributed by atoms with E-state index in [0.717, 1.165) is 22.6 Å². The van der Waals surface area contributed by atoms with Crippen molar-refractivity contribution >= 4 is 12.2 Å². The summed E-state index contributed by atoms with van der Waals surface area (Å²) in [5, 5.41) is 0.497.